The van der Waals surface area contributed by atoms with Gasteiger partial charge in [0, 0.05) is 35.9 Å². The first kappa shape index (κ1) is 22.9. The number of nitrogens with one attached hydrogen (secondary N) is 1. The van der Waals surface area contributed by atoms with Crippen molar-refractivity contribution < 1.29 is 17.6 Å². The van der Waals surface area contributed by atoms with Crippen LogP contribution in [0.2, 0.25) is 0 Å². The first-order valence-electron chi connectivity index (χ1n) is 11.5. The number of anilines is 2. The van der Waals surface area contributed by atoms with Crippen LogP contribution in [0.5, 0.6) is 0 Å². The second-order valence-corrected chi connectivity index (χ2v) is 10.4. The van der Waals surface area contributed by atoms with Gasteiger partial charge in [0.2, 0.25) is 0 Å². The van der Waals surface area contributed by atoms with E-state index in [1.807, 2.05) is 11.0 Å². The van der Waals surface area contributed by atoms with Crippen molar-refractivity contribution >= 4 is 43.1 Å². The van der Waals surface area contributed by atoms with Crippen LogP contribution in [0.15, 0.2) is 24.3 Å². The molecule has 11 heteroatoms. The first-order chi connectivity index (χ1) is 17.1. The SMILES string of the molecule is Cc1nc(N2CC3CCC(C2)N3)c2cc(C(F)(F)F)c(-c3ccc(F)c4sc(N)c(C#N)c34)cc2n1. The Bertz CT molecular complexity index is 1580. The number of rotatable bonds is 2. The number of nitriles is 1. The fourth-order valence-corrected chi connectivity index (χ4v) is 6.42. The fraction of sp³-hybridized carbons (Fsp3) is 0.320. The lowest BCUT2D eigenvalue weighted by Gasteiger charge is -2.34. The summed E-state index contributed by atoms with van der Waals surface area (Å²) in [5, 5.41) is 13.6. The molecule has 4 heterocycles. The fourth-order valence-electron chi connectivity index (χ4n) is 5.47. The summed E-state index contributed by atoms with van der Waals surface area (Å²) in [6, 6.07) is 7.30. The molecule has 0 spiro atoms. The molecular weight excluding hydrogens is 492 g/mol. The minimum atomic E-state index is -4.72. The van der Waals surface area contributed by atoms with E-state index in [0.29, 0.717) is 35.6 Å². The molecular formula is C25H20F4N6S. The standard InChI is InChI=1S/C25H20F4N6S/c1-11-32-20-7-15(14-4-5-19(26)22-21(14)17(8-30)23(31)36-22)18(25(27,28)29)6-16(20)24(33-11)35-9-12-2-3-13(10-35)34-12/h4-7,12-13,34H,2-3,9-10,31H2,1H3. The summed E-state index contributed by atoms with van der Waals surface area (Å²) in [4.78, 5) is 11.1. The number of benzene rings is 2. The summed E-state index contributed by atoms with van der Waals surface area (Å²) in [5.74, 6) is 0.278. The molecule has 2 aromatic carbocycles. The number of hydrogen-bond acceptors (Lipinski definition) is 7. The average molecular weight is 513 g/mol. The van der Waals surface area contributed by atoms with E-state index in [4.69, 9.17) is 5.73 Å². The topological polar surface area (TPSA) is 90.9 Å². The lowest BCUT2D eigenvalue weighted by Crippen LogP contribution is -2.51. The molecule has 3 N–H and O–H groups in total. The van der Waals surface area contributed by atoms with E-state index in [1.54, 1.807) is 6.92 Å². The third kappa shape index (κ3) is 3.55. The molecule has 2 bridgehead atoms. The lowest BCUT2D eigenvalue weighted by atomic mass is 9.93. The molecule has 6 rings (SSSR count). The molecule has 2 aromatic heterocycles. The van der Waals surface area contributed by atoms with Crippen molar-refractivity contribution in [1.29, 1.82) is 5.26 Å². The molecule has 6 nitrogen and oxygen atoms in total. The van der Waals surface area contributed by atoms with Gasteiger partial charge in [-0.15, -0.1) is 11.3 Å². The largest absolute Gasteiger partial charge is 0.417 e. The first-order valence-corrected chi connectivity index (χ1v) is 12.3. The maximum atomic E-state index is 14.6. The van der Waals surface area contributed by atoms with E-state index < -0.39 is 17.6 Å². The number of hydrogen-bond donors (Lipinski definition) is 2. The molecule has 2 atom stereocenters. The zero-order valence-electron chi connectivity index (χ0n) is 19.1. The van der Waals surface area contributed by atoms with Crippen LogP contribution in [0.3, 0.4) is 0 Å². The number of halogens is 4. The summed E-state index contributed by atoms with van der Waals surface area (Å²) in [6.07, 6.45) is -2.68. The predicted molar refractivity (Wildman–Crippen MR) is 131 cm³/mol. The minimum Gasteiger partial charge on any atom is -0.389 e. The third-order valence-electron chi connectivity index (χ3n) is 6.97. The minimum absolute atomic E-state index is 0.0337. The Kier molecular flexibility index (Phi) is 5.10. The number of aromatic nitrogens is 2. The van der Waals surface area contributed by atoms with Gasteiger partial charge in [0.1, 0.15) is 28.5 Å². The van der Waals surface area contributed by atoms with Gasteiger partial charge < -0.3 is 16.0 Å². The van der Waals surface area contributed by atoms with Crippen molar-refractivity contribution in [2.45, 2.75) is 38.0 Å². The average Bonchev–Trinajstić information content (AvgIpc) is 3.35. The maximum Gasteiger partial charge on any atom is 0.417 e. The van der Waals surface area contributed by atoms with E-state index in [0.717, 1.165) is 36.3 Å². The Morgan fingerprint density at radius 1 is 1.14 bits per heavy atom. The van der Waals surface area contributed by atoms with Crippen LogP contribution < -0.4 is 16.0 Å². The van der Waals surface area contributed by atoms with Crippen molar-refractivity contribution in [1.82, 2.24) is 15.3 Å². The quantitative estimate of drug-likeness (QED) is 0.351. The number of alkyl halides is 3. The number of nitrogens with two attached hydrogens (primary N) is 1. The lowest BCUT2D eigenvalue weighted by molar-refractivity contribution is -0.137. The highest BCUT2D eigenvalue weighted by Gasteiger charge is 2.37. The number of thiophene rings is 1. The maximum absolute atomic E-state index is 14.6. The van der Waals surface area contributed by atoms with E-state index in [9.17, 15) is 22.8 Å². The molecule has 2 aliphatic rings. The zero-order valence-corrected chi connectivity index (χ0v) is 19.9. The molecule has 2 saturated heterocycles. The number of nitrogens with zero attached hydrogens (tertiary/aromatic N) is 4. The van der Waals surface area contributed by atoms with Crippen LogP contribution in [0.25, 0.3) is 32.1 Å². The van der Waals surface area contributed by atoms with E-state index >= 15 is 0 Å². The van der Waals surface area contributed by atoms with Gasteiger partial charge in [0.25, 0.3) is 0 Å². The Balaban J connectivity index is 1.64. The van der Waals surface area contributed by atoms with E-state index in [1.165, 1.54) is 12.1 Å². The highest BCUT2D eigenvalue weighted by molar-refractivity contribution is 7.23. The summed E-state index contributed by atoms with van der Waals surface area (Å²) < 4.78 is 58.1. The van der Waals surface area contributed by atoms with Crippen LogP contribution in [0.4, 0.5) is 28.4 Å². The molecule has 4 aromatic rings. The van der Waals surface area contributed by atoms with Gasteiger partial charge in [-0.2, -0.15) is 18.4 Å². The number of aryl methyl sites for hydroxylation is 1. The van der Waals surface area contributed by atoms with Crippen LogP contribution in [-0.2, 0) is 6.18 Å². The summed E-state index contributed by atoms with van der Waals surface area (Å²) in [5.41, 5.74) is 5.24. The van der Waals surface area contributed by atoms with Crippen molar-refractivity contribution in [3.8, 4) is 17.2 Å². The van der Waals surface area contributed by atoms with Crippen molar-refractivity contribution in [2.75, 3.05) is 23.7 Å². The Labute approximate surface area is 207 Å². The summed E-state index contributed by atoms with van der Waals surface area (Å²) in [6.45, 7) is 3.02. The second kappa shape index (κ2) is 8.01. The van der Waals surface area contributed by atoms with Crippen molar-refractivity contribution in [3.05, 3.63) is 47.0 Å². The normalized spacial score (nSPS) is 19.8. The number of fused-ring (bicyclic) bond motifs is 4. The zero-order chi connectivity index (χ0) is 25.4. The Morgan fingerprint density at radius 3 is 2.53 bits per heavy atom. The predicted octanol–water partition coefficient (Wildman–Crippen LogP) is 5.37. The van der Waals surface area contributed by atoms with Crippen LogP contribution in [0, 0.1) is 24.1 Å². The molecule has 0 aliphatic carbocycles. The van der Waals surface area contributed by atoms with Gasteiger partial charge in [0.05, 0.1) is 21.3 Å². The monoisotopic (exact) mass is 512 g/mol. The third-order valence-corrected chi connectivity index (χ3v) is 8.00. The summed E-state index contributed by atoms with van der Waals surface area (Å²) >= 11 is 0.847. The Hall–Kier alpha value is -3.49. The molecule has 0 amide bonds. The van der Waals surface area contributed by atoms with Gasteiger partial charge in [-0.1, -0.05) is 6.07 Å². The van der Waals surface area contributed by atoms with Crippen LogP contribution in [0.1, 0.15) is 29.8 Å². The Morgan fingerprint density at radius 2 is 1.86 bits per heavy atom. The molecule has 0 radical (unpaired) electrons. The molecule has 2 aliphatic heterocycles. The molecule has 2 fully saturated rings. The molecule has 0 saturated carbocycles. The summed E-state index contributed by atoms with van der Waals surface area (Å²) in [7, 11) is 0. The molecule has 184 valence electrons. The number of piperazine rings is 1. The van der Waals surface area contributed by atoms with Gasteiger partial charge in [-0.25, -0.2) is 14.4 Å². The van der Waals surface area contributed by atoms with Crippen molar-refractivity contribution in [2.24, 2.45) is 0 Å². The highest BCUT2D eigenvalue weighted by Crippen LogP contribution is 2.46. The smallest absolute Gasteiger partial charge is 0.389 e. The molecule has 36 heavy (non-hydrogen) atoms. The van der Waals surface area contributed by atoms with E-state index in [2.05, 4.69) is 15.3 Å². The van der Waals surface area contributed by atoms with Crippen LogP contribution in [-0.4, -0.2) is 35.1 Å². The van der Waals surface area contributed by atoms with Gasteiger partial charge >= 0.3 is 6.18 Å². The number of nitrogen functional groups attached to an aromatic ring is 1. The van der Waals surface area contributed by atoms with E-state index in [-0.39, 0.29) is 43.9 Å². The molecule has 2 unspecified atom stereocenters. The van der Waals surface area contributed by atoms with Gasteiger partial charge in [0.15, 0.2) is 0 Å². The van der Waals surface area contributed by atoms with Crippen molar-refractivity contribution in [3.63, 3.8) is 0 Å². The van der Waals surface area contributed by atoms with Gasteiger partial charge in [-0.3, -0.25) is 0 Å². The highest BCUT2D eigenvalue weighted by atomic mass is 32.1. The van der Waals surface area contributed by atoms with Crippen LogP contribution >= 0.6 is 11.3 Å². The van der Waals surface area contributed by atoms with Gasteiger partial charge in [-0.05, 0) is 49.1 Å². The second-order valence-electron chi connectivity index (χ2n) is 9.30.